The van der Waals surface area contributed by atoms with Crippen molar-refractivity contribution < 1.29 is 14.3 Å². The number of amides is 2. The molecule has 6 heteroatoms. The number of para-hydroxylation sites is 1. The molecule has 1 aliphatic heterocycles. The van der Waals surface area contributed by atoms with Gasteiger partial charge >= 0.3 is 6.03 Å². The molecular formula is C23H28FN3O2. The number of phenolic OH excluding ortho intramolecular Hbond substituents is 1. The van der Waals surface area contributed by atoms with Crippen LogP contribution in [0, 0.1) is 11.7 Å². The number of aromatic hydroxyl groups is 1. The fourth-order valence-corrected chi connectivity index (χ4v) is 5.28. The number of likely N-dealkylation sites (N-methyl/N-ethyl adjacent to an activating group) is 1. The molecule has 5 nitrogen and oxygen atoms in total. The van der Waals surface area contributed by atoms with Crippen LogP contribution in [0.4, 0.5) is 14.9 Å². The molecule has 0 spiro atoms. The van der Waals surface area contributed by atoms with E-state index in [-0.39, 0.29) is 16.9 Å². The molecule has 0 radical (unpaired) electrons. The second-order valence-electron chi connectivity index (χ2n) is 8.40. The Morgan fingerprint density at radius 2 is 2.10 bits per heavy atom. The Balaban J connectivity index is 1.50. The number of nitrogens with zero attached hydrogens (tertiary/aromatic N) is 1. The van der Waals surface area contributed by atoms with E-state index in [1.165, 1.54) is 23.3 Å². The van der Waals surface area contributed by atoms with Gasteiger partial charge in [-0.1, -0.05) is 25.1 Å². The molecule has 2 aliphatic rings. The van der Waals surface area contributed by atoms with Crippen molar-refractivity contribution >= 4 is 11.7 Å². The molecule has 0 saturated carbocycles. The Bertz CT molecular complexity index is 919. The van der Waals surface area contributed by atoms with Gasteiger partial charge in [0.05, 0.1) is 5.69 Å². The number of hydrogen-bond acceptors (Lipinski definition) is 3. The minimum Gasteiger partial charge on any atom is -0.508 e. The summed E-state index contributed by atoms with van der Waals surface area (Å²) in [5.74, 6) is 0.245. The van der Waals surface area contributed by atoms with Crippen LogP contribution in [0.1, 0.15) is 30.9 Å². The smallest absolute Gasteiger partial charge is 0.319 e. The number of phenols is 1. The van der Waals surface area contributed by atoms with Crippen molar-refractivity contribution in [1.82, 2.24) is 10.2 Å². The molecule has 3 N–H and O–H groups in total. The lowest BCUT2D eigenvalue weighted by atomic mass is 9.56. The Morgan fingerprint density at radius 1 is 1.31 bits per heavy atom. The normalized spacial score (nSPS) is 25.9. The summed E-state index contributed by atoms with van der Waals surface area (Å²) >= 11 is 0. The average Bonchev–Trinajstić information content (AvgIpc) is 2.69. The van der Waals surface area contributed by atoms with Gasteiger partial charge in [0, 0.05) is 18.0 Å². The lowest BCUT2D eigenvalue weighted by Gasteiger charge is -2.55. The summed E-state index contributed by atoms with van der Waals surface area (Å²) in [6.07, 6.45) is 2.74. The van der Waals surface area contributed by atoms with Gasteiger partial charge in [0.25, 0.3) is 0 Å². The number of urea groups is 1. The lowest BCUT2D eigenvalue weighted by Crippen LogP contribution is -2.58. The van der Waals surface area contributed by atoms with Gasteiger partial charge in [-0.15, -0.1) is 0 Å². The summed E-state index contributed by atoms with van der Waals surface area (Å²) in [7, 11) is 2.18. The van der Waals surface area contributed by atoms with E-state index >= 15 is 0 Å². The van der Waals surface area contributed by atoms with Crippen molar-refractivity contribution in [2.75, 3.05) is 25.5 Å². The van der Waals surface area contributed by atoms with E-state index in [0.717, 1.165) is 25.8 Å². The van der Waals surface area contributed by atoms with E-state index in [1.807, 2.05) is 12.1 Å². The van der Waals surface area contributed by atoms with E-state index in [9.17, 15) is 14.3 Å². The van der Waals surface area contributed by atoms with E-state index in [2.05, 4.69) is 29.5 Å². The van der Waals surface area contributed by atoms with Gasteiger partial charge in [0.2, 0.25) is 0 Å². The highest BCUT2D eigenvalue weighted by molar-refractivity contribution is 5.89. The van der Waals surface area contributed by atoms with Crippen molar-refractivity contribution in [3.63, 3.8) is 0 Å². The maximum atomic E-state index is 13.7. The monoisotopic (exact) mass is 397 g/mol. The third kappa shape index (κ3) is 3.57. The summed E-state index contributed by atoms with van der Waals surface area (Å²) in [6, 6.07) is 11.9. The van der Waals surface area contributed by atoms with Gasteiger partial charge in [0.1, 0.15) is 11.6 Å². The van der Waals surface area contributed by atoms with Crippen LogP contribution in [0.25, 0.3) is 0 Å². The second kappa shape index (κ2) is 7.67. The van der Waals surface area contributed by atoms with Crippen molar-refractivity contribution in [3.8, 4) is 5.75 Å². The minimum absolute atomic E-state index is 0.0885. The lowest BCUT2D eigenvalue weighted by molar-refractivity contribution is 0.0364. The number of carbonyl (C=O) groups excluding carboxylic acids is 1. The summed E-state index contributed by atoms with van der Waals surface area (Å²) < 4.78 is 13.7. The second-order valence-corrected chi connectivity index (χ2v) is 8.40. The minimum atomic E-state index is -0.454. The van der Waals surface area contributed by atoms with Gasteiger partial charge in [-0.05, 0) is 74.2 Å². The van der Waals surface area contributed by atoms with Crippen LogP contribution < -0.4 is 10.6 Å². The SMILES string of the molecule is C[C@H]1[C@H]2Cc3ccc(O)cc3[C@@]1(CCNC(=O)Nc1ccccc1F)CCN2C. The molecule has 154 valence electrons. The molecule has 4 rings (SSSR count). The average molecular weight is 397 g/mol. The predicted molar refractivity (Wildman–Crippen MR) is 112 cm³/mol. The third-order valence-corrected chi connectivity index (χ3v) is 6.96. The molecule has 2 aromatic carbocycles. The van der Waals surface area contributed by atoms with Crippen LogP contribution in [0.3, 0.4) is 0 Å². The summed E-state index contributed by atoms with van der Waals surface area (Å²) in [5, 5.41) is 15.6. The van der Waals surface area contributed by atoms with Crippen LogP contribution >= 0.6 is 0 Å². The highest BCUT2D eigenvalue weighted by Crippen LogP contribution is 2.51. The van der Waals surface area contributed by atoms with Crippen LogP contribution in [-0.2, 0) is 11.8 Å². The number of likely N-dealkylation sites (tertiary alicyclic amines) is 1. The fraction of sp³-hybridized carbons (Fsp3) is 0.435. The summed E-state index contributed by atoms with van der Waals surface area (Å²) in [6.45, 7) is 3.76. The molecule has 0 unspecified atom stereocenters. The quantitative estimate of drug-likeness (QED) is 0.734. The number of fused-ring (bicyclic) bond motifs is 4. The van der Waals surface area contributed by atoms with Crippen molar-refractivity contribution in [2.45, 2.75) is 37.6 Å². The Kier molecular flexibility index (Phi) is 5.21. The molecule has 1 heterocycles. The van der Waals surface area contributed by atoms with Crippen LogP contribution in [0.2, 0.25) is 0 Å². The van der Waals surface area contributed by atoms with Gasteiger partial charge in [-0.2, -0.15) is 0 Å². The molecule has 3 atom stereocenters. The Labute approximate surface area is 170 Å². The number of piperidine rings is 1. The van der Waals surface area contributed by atoms with Crippen molar-refractivity contribution in [2.24, 2.45) is 5.92 Å². The van der Waals surface area contributed by atoms with Crippen LogP contribution in [0.5, 0.6) is 5.75 Å². The summed E-state index contributed by atoms with van der Waals surface area (Å²) in [4.78, 5) is 14.7. The maximum absolute atomic E-state index is 13.7. The molecule has 2 amide bonds. The van der Waals surface area contributed by atoms with Gasteiger partial charge in [-0.3, -0.25) is 0 Å². The standard InChI is InChI=1S/C23H28FN3O2/c1-15-21-13-16-7-8-17(28)14-18(16)23(15,10-12-27(21)2)9-11-25-22(29)26-20-6-4-3-5-19(20)24/h3-8,14-15,21,28H,9-13H2,1-2H3,(H2,25,26,29)/t15-,21+,23-/m0/s1. The zero-order valence-corrected chi connectivity index (χ0v) is 16.9. The maximum Gasteiger partial charge on any atom is 0.319 e. The van der Waals surface area contributed by atoms with Gasteiger partial charge < -0.3 is 20.6 Å². The number of carbonyl (C=O) groups is 1. The predicted octanol–water partition coefficient (Wildman–Crippen LogP) is 3.88. The van der Waals surface area contributed by atoms with E-state index in [4.69, 9.17) is 0 Å². The third-order valence-electron chi connectivity index (χ3n) is 6.96. The molecule has 2 aromatic rings. The molecule has 29 heavy (non-hydrogen) atoms. The van der Waals surface area contributed by atoms with Gasteiger partial charge in [0.15, 0.2) is 0 Å². The first-order chi connectivity index (χ1) is 13.9. The van der Waals surface area contributed by atoms with E-state index < -0.39 is 11.8 Å². The number of benzene rings is 2. The Morgan fingerprint density at radius 3 is 2.90 bits per heavy atom. The highest BCUT2D eigenvalue weighted by atomic mass is 19.1. The first kappa shape index (κ1) is 19.7. The van der Waals surface area contributed by atoms with Gasteiger partial charge in [-0.25, -0.2) is 9.18 Å². The molecule has 1 fully saturated rings. The van der Waals surface area contributed by atoms with Crippen LogP contribution in [-0.4, -0.2) is 42.2 Å². The number of anilines is 1. The fourth-order valence-electron chi connectivity index (χ4n) is 5.28. The highest BCUT2D eigenvalue weighted by Gasteiger charge is 2.50. The summed E-state index contributed by atoms with van der Waals surface area (Å²) in [5.41, 5.74) is 2.58. The molecular weight excluding hydrogens is 369 g/mol. The molecule has 0 aromatic heterocycles. The first-order valence-corrected chi connectivity index (χ1v) is 10.2. The molecule has 1 saturated heterocycles. The molecule has 2 bridgehead atoms. The van der Waals surface area contributed by atoms with Crippen molar-refractivity contribution in [1.29, 1.82) is 0 Å². The number of rotatable bonds is 4. The number of hydrogen-bond donors (Lipinski definition) is 3. The largest absolute Gasteiger partial charge is 0.508 e. The number of nitrogens with one attached hydrogen (secondary N) is 2. The number of halogens is 1. The zero-order valence-electron chi connectivity index (χ0n) is 16.9. The molecule has 1 aliphatic carbocycles. The van der Waals surface area contributed by atoms with Crippen LogP contribution in [0.15, 0.2) is 42.5 Å². The zero-order chi connectivity index (χ0) is 20.6. The Hall–Kier alpha value is -2.60. The van der Waals surface area contributed by atoms with E-state index in [1.54, 1.807) is 18.2 Å². The van der Waals surface area contributed by atoms with E-state index in [0.29, 0.717) is 18.5 Å². The first-order valence-electron chi connectivity index (χ1n) is 10.2. The topological polar surface area (TPSA) is 64.6 Å². The van der Waals surface area contributed by atoms with Crippen molar-refractivity contribution in [3.05, 3.63) is 59.4 Å².